The first-order chi connectivity index (χ1) is 8.33. The zero-order valence-corrected chi connectivity index (χ0v) is 9.67. The van der Waals surface area contributed by atoms with Gasteiger partial charge in [0.25, 0.3) is 0 Å². The highest BCUT2D eigenvalue weighted by molar-refractivity contribution is 5.45. The second-order valence-corrected chi connectivity index (χ2v) is 4.73. The predicted molar refractivity (Wildman–Crippen MR) is 61.8 cm³/mol. The summed E-state index contributed by atoms with van der Waals surface area (Å²) in [5, 5.41) is 3.37. The maximum atomic E-state index is 13.7. The average Bonchev–Trinajstić information content (AvgIpc) is 2.79. The van der Waals surface area contributed by atoms with Gasteiger partial charge in [0.2, 0.25) is 12.5 Å². The van der Waals surface area contributed by atoms with Crippen molar-refractivity contribution < 1.29 is 13.9 Å². The highest BCUT2D eigenvalue weighted by Gasteiger charge is 2.21. The molecule has 0 amide bonds. The molecule has 3 nitrogen and oxygen atoms in total. The van der Waals surface area contributed by atoms with E-state index in [2.05, 4.69) is 5.32 Å². The van der Waals surface area contributed by atoms with Crippen LogP contribution in [0.2, 0.25) is 0 Å². The third-order valence-electron chi connectivity index (χ3n) is 3.41. The summed E-state index contributed by atoms with van der Waals surface area (Å²) in [5.41, 5.74) is 1.00. The minimum atomic E-state index is -0.307. The van der Waals surface area contributed by atoms with Crippen molar-refractivity contribution in [1.29, 1.82) is 0 Å². The standard InChI is InChI=1S/C13H16FNO2/c14-11-5-10(4-9-2-1-3-15-7-9)6-12-13(11)17-8-16-12/h5-6,9,15H,1-4,7-8H2. The number of rotatable bonds is 2. The van der Waals surface area contributed by atoms with Gasteiger partial charge in [-0.1, -0.05) is 0 Å². The number of halogens is 1. The molecule has 4 heteroatoms. The third kappa shape index (κ3) is 2.22. The summed E-state index contributed by atoms with van der Waals surface area (Å²) >= 11 is 0. The molecule has 0 spiro atoms. The molecule has 2 aliphatic rings. The first-order valence-electron chi connectivity index (χ1n) is 6.11. The van der Waals surface area contributed by atoms with Crippen LogP contribution >= 0.6 is 0 Å². The highest BCUT2D eigenvalue weighted by Crippen LogP contribution is 2.36. The molecular formula is C13H16FNO2. The monoisotopic (exact) mass is 237 g/mol. The van der Waals surface area contributed by atoms with Crippen molar-refractivity contribution in [2.24, 2.45) is 5.92 Å². The van der Waals surface area contributed by atoms with Crippen LogP contribution in [0.3, 0.4) is 0 Å². The number of ether oxygens (including phenoxy) is 2. The Balaban J connectivity index is 1.76. The third-order valence-corrected chi connectivity index (χ3v) is 3.41. The van der Waals surface area contributed by atoms with Gasteiger partial charge < -0.3 is 14.8 Å². The van der Waals surface area contributed by atoms with Gasteiger partial charge in [0.15, 0.2) is 11.6 Å². The molecule has 1 aromatic carbocycles. The molecule has 1 unspecified atom stereocenters. The number of benzene rings is 1. The van der Waals surface area contributed by atoms with Crippen molar-refractivity contribution in [3.8, 4) is 11.5 Å². The summed E-state index contributed by atoms with van der Waals surface area (Å²) in [6, 6.07) is 3.47. The van der Waals surface area contributed by atoms with Crippen LogP contribution in [0.5, 0.6) is 11.5 Å². The fourth-order valence-electron chi connectivity index (χ4n) is 2.57. The van der Waals surface area contributed by atoms with Crippen LogP contribution in [0, 0.1) is 11.7 Å². The molecule has 1 aromatic rings. The van der Waals surface area contributed by atoms with E-state index < -0.39 is 0 Å². The zero-order chi connectivity index (χ0) is 11.7. The summed E-state index contributed by atoms with van der Waals surface area (Å²) in [5.74, 6) is 1.10. The van der Waals surface area contributed by atoms with E-state index in [1.165, 1.54) is 12.8 Å². The molecule has 1 fully saturated rings. The summed E-state index contributed by atoms with van der Waals surface area (Å²) in [7, 11) is 0. The van der Waals surface area contributed by atoms with Crippen LogP contribution in [0.25, 0.3) is 0 Å². The van der Waals surface area contributed by atoms with Gasteiger partial charge in [-0.3, -0.25) is 0 Å². The lowest BCUT2D eigenvalue weighted by Gasteiger charge is -2.22. The highest BCUT2D eigenvalue weighted by atomic mass is 19.1. The Morgan fingerprint density at radius 1 is 1.35 bits per heavy atom. The van der Waals surface area contributed by atoms with Gasteiger partial charge >= 0.3 is 0 Å². The van der Waals surface area contributed by atoms with Crippen LogP contribution in [0.1, 0.15) is 18.4 Å². The van der Waals surface area contributed by atoms with Crippen LogP contribution in [0.15, 0.2) is 12.1 Å². The van der Waals surface area contributed by atoms with Gasteiger partial charge in [0, 0.05) is 0 Å². The minimum absolute atomic E-state index is 0.126. The van der Waals surface area contributed by atoms with Crippen LogP contribution in [0.4, 0.5) is 4.39 Å². The fraction of sp³-hybridized carbons (Fsp3) is 0.538. The zero-order valence-electron chi connectivity index (χ0n) is 9.67. The van der Waals surface area contributed by atoms with E-state index in [0.717, 1.165) is 25.1 Å². The molecule has 0 aromatic heterocycles. The largest absolute Gasteiger partial charge is 0.453 e. The summed E-state index contributed by atoms with van der Waals surface area (Å²) < 4.78 is 24.0. The quantitative estimate of drug-likeness (QED) is 0.854. The minimum Gasteiger partial charge on any atom is -0.453 e. The van der Waals surface area contributed by atoms with Crippen molar-refractivity contribution in [1.82, 2.24) is 5.32 Å². The molecular weight excluding hydrogens is 221 g/mol. The Bertz CT molecular complexity index is 416. The van der Waals surface area contributed by atoms with Gasteiger partial charge in [0.05, 0.1) is 0 Å². The molecule has 17 heavy (non-hydrogen) atoms. The number of hydrogen-bond acceptors (Lipinski definition) is 3. The maximum absolute atomic E-state index is 13.7. The Hall–Kier alpha value is -1.29. The molecule has 2 heterocycles. The summed E-state index contributed by atoms with van der Waals surface area (Å²) in [6.45, 7) is 2.25. The first kappa shape index (κ1) is 10.8. The Kier molecular flexibility index (Phi) is 2.89. The number of piperidine rings is 1. The lowest BCUT2D eigenvalue weighted by molar-refractivity contribution is 0.171. The van der Waals surface area contributed by atoms with Crippen LogP contribution < -0.4 is 14.8 Å². The van der Waals surface area contributed by atoms with E-state index in [0.29, 0.717) is 11.7 Å². The van der Waals surface area contributed by atoms with E-state index in [1.54, 1.807) is 6.07 Å². The van der Waals surface area contributed by atoms with Crippen LogP contribution in [-0.2, 0) is 6.42 Å². The van der Waals surface area contributed by atoms with Crippen molar-refractivity contribution in [3.63, 3.8) is 0 Å². The molecule has 2 aliphatic heterocycles. The number of nitrogens with one attached hydrogen (secondary N) is 1. The van der Waals surface area contributed by atoms with Gasteiger partial charge in [-0.05, 0) is 56.0 Å². The topological polar surface area (TPSA) is 30.5 Å². The molecule has 3 rings (SSSR count). The normalized spacial score (nSPS) is 22.8. The summed E-state index contributed by atoms with van der Waals surface area (Å²) in [6.07, 6.45) is 3.32. The average molecular weight is 237 g/mol. The molecule has 92 valence electrons. The van der Waals surface area contributed by atoms with E-state index in [1.807, 2.05) is 6.07 Å². The molecule has 1 saturated heterocycles. The van der Waals surface area contributed by atoms with Crippen molar-refractivity contribution in [3.05, 3.63) is 23.5 Å². The van der Waals surface area contributed by atoms with E-state index in [9.17, 15) is 4.39 Å². The van der Waals surface area contributed by atoms with E-state index in [4.69, 9.17) is 9.47 Å². The number of hydrogen-bond donors (Lipinski definition) is 1. The van der Waals surface area contributed by atoms with Crippen molar-refractivity contribution in [2.45, 2.75) is 19.3 Å². The Morgan fingerprint density at radius 2 is 2.29 bits per heavy atom. The van der Waals surface area contributed by atoms with E-state index >= 15 is 0 Å². The van der Waals surface area contributed by atoms with Gasteiger partial charge in [-0.2, -0.15) is 0 Å². The molecule has 0 aliphatic carbocycles. The van der Waals surface area contributed by atoms with Crippen molar-refractivity contribution >= 4 is 0 Å². The van der Waals surface area contributed by atoms with Crippen molar-refractivity contribution in [2.75, 3.05) is 19.9 Å². The lowest BCUT2D eigenvalue weighted by Crippen LogP contribution is -2.30. The van der Waals surface area contributed by atoms with Gasteiger partial charge in [0.1, 0.15) is 0 Å². The Labute approximate surface area is 99.9 Å². The van der Waals surface area contributed by atoms with E-state index in [-0.39, 0.29) is 18.4 Å². The van der Waals surface area contributed by atoms with Gasteiger partial charge in [-0.15, -0.1) is 0 Å². The second-order valence-electron chi connectivity index (χ2n) is 4.73. The molecule has 0 saturated carbocycles. The summed E-state index contributed by atoms with van der Waals surface area (Å²) in [4.78, 5) is 0. The molecule has 0 bridgehead atoms. The molecule has 0 radical (unpaired) electrons. The SMILES string of the molecule is Fc1cc(CC2CCCNC2)cc2c1OCO2. The smallest absolute Gasteiger partial charge is 0.231 e. The van der Waals surface area contributed by atoms with Crippen LogP contribution in [-0.4, -0.2) is 19.9 Å². The maximum Gasteiger partial charge on any atom is 0.231 e. The predicted octanol–water partition coefficient (Wildman–Crippen LogP) is 2.10. The Morgan fingerprint density at radius 3 is 3.12 bits per heavy atom. The second kappa shape index (κ2) is 4.53. The molecule has 1 N–H and O–H groups in total. The molecule has 1 atom stereocenters. The number of fused-ring (bicyclic) bond motifs is 1. The first-order valence-corrected chi connectivity index (χ1v) is 6.11. The fourth-order valence-corrected chi connectivity index (χ4v) is 2.57. The van der Waals surface area contributed by atoms with Gasteiger partial charge in [-0.25, -0.2) is 4.39 Å². The lowest BCUT2D eigenvalue weighted by atomic mass is 9.92.